The summed E-state index contributed by atoms with van der Waals surface area (Å²) in [6.07, 6.45) is 2.97. The highest BCUT2D eigenvalue weighted by molar-refractivity contribution is 7.89. The Morgan fingerprint density at radius 2 is 2.12 bits per heavy atom. The lowest BCUT2D eigenvalue weighted by atomic mass is 10.1. The van der Waals surface area contributed by atoms with Crippen molar-refractivity contribution in [3.05, 3.63) is 24.3 Å². The average Bonchev–Trinajstić information content (AvgIpc) is 2.61. The van der Waals surface area contributed by atoms with Gasteiger partial charge in [0, 0.05) is 18.8 Å². The van der Waals surface area contributed by atoms with Crippen LogP contribution in [-0.4, -0.2) is 53.0 Å². The molecule has 0 aliphatic carbocycles. The van der Waals surface area contributed by atoms with Crippen LogP contribution in [0.1, 0.15) is 19.3 Å². The van der Waals surface area contributed by atoms with Crippen molar-refractivity contribution < 1.29 is 17.9 Å². The van der Waals surface area contributed by atoms with E-state index in [4.69, 9.17) is 15.2 Å². The van der Waals surface area contributed by atoms with E-state index in [1.807, 2.05) is 0 Å². The van der Waals surface area contributed by atoms with E-state index in [-0.39, 0.29) is 24.4 Å². The zero-order chi connectivity index (χ0) is 18.1. The molecule has 1 fully saturated rings. The summed E-state index contributed by atoms with van der Waals surface area (Å²) in [5, 5.41) is 2.90. The Morgan fingerprint density at radius 1 is 1.36 bits per heavy atom. The Hall–Kier alpha value is -1.84. The van der Waals surface area contributed by atoms with E-state index < -0.39 is 10.0 Å². The number of rotatable bonds is 8. The second kappa shape index (κ2) is 9.59. The quantitative estimate of drug-likeness (QED) is 0.463. The number of aliphatic imine (C=N–C) groups is 1. The standard InChI is InChI=1S/C16H26N4O4S/c1-23-14-7-5-13(6-8-14)20-16(17)18-9-11-25(21,22)19-12-15-4-2-3-10-24-15/h5-8,15,19H,2-4,9-12H2,1H3,(H3,17,18,20). The molecule has 25 heavy (non-hydrogen) atoms. The van der Waals surface area contributed by atoms with Crippen molar-refractivity contribution >= 4 is 21.7 Å². The third-order valence-corrected chi connectivity index (χ3v) is 5.14. The van der Waals surface area contributed by atoms with Gasteiger partial charge in [-0.15, -0.1) is 0 Å². The van der Waals surface area contributed by atoms with Crippen molar-refractivity contribution in [2.75, 3.05) is 37.9 Å². The van der Waals surface area contributed by atoms with Crippen molar-refractivity contribution in [1.29, 1.82) is 0 Å². The summed E-state index contributed by atoms with van der Waals surface area (Å²) in [7, 11) is -1.81. The minimum Gasteiger partial charge on any atom is -0.497 e. The first-order chi connectivity index (χ1) is 12.0. The van der Waals surface area contributed by atoms with Crippen LogP contribution in [-0.2, 0) is 14.8 Å². The number of nitrogens with two attached hydrogens (primary N) is 1. The van der Waals surface area contributed by atoms with Gasteiger partial charge < -0.3 is 20.5 Å². The van der Waals surface area contributed by atoms with Crippen molar-refractivity contribution in [3.63, 3.8) is 0 Å². The van der Waals surface area contributed by atoms with E-state index in [0.717, 1.165) is 30.7 Å². The number of anilines is 1. The van der Waals surface area contributed by atoms with Crippen LogP contribution < -0.4 is 20.5 Å². The molecule has 1 saturated heterocycles. The highest BCUT2D eigenvalue weighted by Crippen LogP contribution is 2.14. The molecule has 1 atom stereocenters. The molecule has 0 radical (unpaired) electrons. The second-order valence-electron chi connectivity index (χ2n) is 5.78. The number of benzene rings is 1. The highest BCUT2D eigenvalue weighted by atomic mass is 32.2. The van der Waals surface area contributed by atoms with Gasteiger partial charge >= 0.3 is 0 Å². The van der Waals surface area contributed by atoms with Crippen LogP contribution in [0.2, 0.25) is 0 Å². The molecule has 1 unspecified atom stereocenters. The van der Waals surface area contributed by atoms with Gasteiger partial charge in [0.2, 0.25) is 10.0 Å². The van der Waals surface area contributed by atoms with E-state index >= 15 is 0 Å². The lowest BCUT2D eigenvalue weighted by Crippen LogP contribution is -2.37. The Balaban J connectivity index is 1.73. The smallest absolute Gasteiger partial charge is 0.213 e. The van der Waals surface area contributed by atoms with E-state index in [9.17, 15) is 8.42 Å². The molecule has 0 amide bonds. The Kier molecular flexibility index (Phi) is 7.48. The van der Waals surface area contributed by atoms with Crippen LogP contribution in [0.5, 0.6) is 5.75 Å². The molecule has 1 heterocycles. The zero-order valence-electron chi connectivity index (χ0n) is 14.4. The topological polar surface area (TPSA) is 115 Å². The van der Waals surface area contributed by atoms with Crippen LogP contribution in [0.4, 0.5) is 5.69 Å². The van der Waals surface area contributed by atoms with Gasteiger partial charge in [0.05, 0.1) is 25.5 Å². The van der Waals surface area contributed by atoms with Crippen molar-refractivity contribution in [1.82, 2.24) is 4.72 Å². The first kappa shape index (κ1) is 19.5. The number of guanidine groups is 1. The third kappa shape index (κ3) is 7.29. The van der Waals surface area contributed by atoms with Gasteiger partial charge in [-0.05, 0) is 43.5 Å². The molecule has 1 aromatic carbocycles. The fraction of sp³-hybridized carbons (Fsp3) is 0.562. The van der Waals surface area contributed by atoms with Crippen LogP contribution in [0.3, 0.4) is 0 Å². The molecule has 0 aromatic heterocycles. The number of nitrogens with zero attached hydrogens (tertiary/aromatic N) is 1. The van der Waals surface area contributed by atoms with Gasteiger partial charge in [-0.25, -0.2) is 13.1 Å². The molecule has 0 bridgehead atoms. The molecule has 1 aliphatic heterocycles. The first-order valence-electron chi connectivity index (χ1n) is 8.28. The second-order valence-corrected chi connectivity index (χ2v) is 7.70. The molecule has 2 rings (SSSR count). The van der Waals surface area contributed by atoms with Crippen LogP contribution in [0.15, 0.2) is 29.3 Å². The summed E-state index contributed by atoms with van der Waals surface area (Å²) < 4.78 is 37.1. The molecule has 1 aliphatic rings. The number of hydrogen-bond acceptors (Lipinski definition) is 5. The number of nitrogens with one attached hydrogen (secondary N) is 2. The fourth-order valence-corrected chi connectivity index (χ4v) is 3.32. The van der Waals surface area contributed by atoms with Crippen molar-refractivity contribution in [2.24, 2.45) is 10.7 Å². The molecule has 140 valence electrons. The zero-order valence-corrected chi connectivity index (χ0v) is 15.2. The van der Waals surface area contributed by atoms with Gasteiger partial charge in [0.1, 0.15) is 5.75 Å². The highest BCUT2D eigenvalue weighted by Gasteiger charge is 2.17. The van der Waals surface area contributed by atoms with Gasteiger partial charge in [0.25, 0.3) is 0 Å². The molecule has 9 heteroatoms. The predicted molar refractivity (Wildman–Crippen MR) is 98.5 cm³/mol. The van der Waals surface area contributed by atoms with Gasteiger partial charge in [0.15, 0.2) is 5.96 Å². The lowest BCUT2D eigenvalue weighted by Gasteiger charge is -2.22. The number of sulfonamides is 1. The largest absolute Gasteiger partial charge is 0.497 e. The Labute approximate surface area is 148 Å². The summed E-state index contributed by atoms with van der Waals surface area (Å²) in [5.74, 6) is 0.779. The molecule has 8 nitrogen and oxygen atoms in total. The summed E-state index contributed by atoms with van der Waals surface area (Å²) in [6.45, 7) is 1.09. The number of methoxy groups -OCH3 is 1. The third-order valence-electron chi connectivity index (χ3n) is 3.81. The summed E-state index contributed by atoms with van der Waals surface area (Å²) in [6, 6.07) is 7.17. The van der Waals surface area contributed by atoms with E-state index in [2.05, 4.69) is 15.0 Å². The van der Waals surface area contributed by atoms with E-state index in [1.165, 1.54) is 0 Å². The maximum absolute atomic E-state index is 12.0. The molecule has 1 aromatic rings. The van der Waals surface area contributed by atoms with Gasteiger partial charge in [-0.1, -0.05) is 0 Å². The van der Waals surface area contributed by atoms with Crippen molar-refractivity contribution in [2.45, 2.75) is 25.4 Å². The summed E-state index contributed by atoms with van der Waals surface area (Å²) in [5.41, 5.74) is 6.52. The molecule has 0 spiro atoms. The molecule has 4 N–H and O–H groups in total. The molecular formula is C16H26N4O4S. The van der Waals surface area contributed by atoms with Crippen LogP contribution in [0.25, 0.3) is 0 Å². The average molecular weight is 370 g/mol. The first-order valence-corrected chi connectivity index (χ1v) is 9.94. The van der Waals surface area contributed by atoms with Gasteiger partial charge in [-0.2, -0.15) is 0 Å². The number of ether oxygens (including phenoxy) is 2. The SMILES string of the molecule is COc1ccc(NC(N)=NCCS(=O)(=O)NCC2CCCCO2)cc1. The Bertz CT molecular complexity index is 655. The number of hydrogen-bond donors (Lipinski definition) is 3. The molecule has 0 saturated carbocycles. The monoisotopic (exact) mass is 370 g/mol. The maximum Gasteiger partial charge on any atom is 0.213 e. The van der Waals surface area contributed by atoms with Gasteiger partial charge in [-0.3, -0.25) is 4.99 Å². The minimum absolute atomic E-state index is 0.0335. The lowest BCUT2D eigenvalue weighted by molar-refractivity contribution is 0.0200. The maximum atomic E-state index is 12.0. The normalized spacial score (nSPS) is 18.8. The Morgan fingerprint density at radius 3 is 2.76 bits per heavy atom. The molecular weight excluding hydrogens is 344 g/mol. The summed E-state index contributed by atoms with van der Waals surface area (Å²) in [4.78, 5) is 4.04. The minimum atomic E-state index is -3.40. The van der Waals surface area contributed by atoms with E-state index in [1.54, 1.807) is 31.4 Å². The van der Waals surface area contributed by atoms with Crippen molar-refractivity contribution in [3.8, 4) is 5.75 Å². The predicted octanol–water partition coefficient (Wildman–Crippen LogP) is 0.910. The van der Waals surface area contributed by atoms with E-state index in [0.29, 0.717) is 13.2 Å². The van der Waals surface area contributed by atoms with Crippen LogP contribution in [0, 0.1) is 0 Å². The fourth-order valence-electron chi connectivity index (χ4n) is 2.41. The summed E-state index contributed by atoms with van der Waals surface area (Å²) >= 11 is 0. The van der Waals surface area contributed by atoms with Crippen LogP contribution >= 0.6 is 0 Å².